The lowest BCUT2D eigenvalue weighted by atomic mass is 9.93. The van der Waals surface area contributed by atoms with Crippen molar-refractivity contribution in [2.45, 2.75) is 13.8 Å². The van der Waals surface area contributed by atoms with E-state index in [1.165, 1.54) is 0 Å². The molecule has 2 N–H and O–H groups in total. The van der Waals surface area contributed by atoms with Crippen LogP contribution in [0.5, 0.6) is 11.5 Å². The first-order valence-electron chi connectivity index (χ1n) is 9.28. The van der Waals surface area contributed by atoms with Gasteiger partial charge in [-0.15, -0.1) is 0 Å². The van der Waals surface area contributed by atoms with Crippen LogP contribution >= 0.6 is 11.6 Å². The molecule has 2 heterocycles. The van der Waals surface area contributed by atoms with E-state index in [1.54, 1.807) is 12.4 Å². The molecular weight excluding hydrogens is 386 g/mol. The number of carbonyl (C=O) groups excluding carboxylic acids is 1. The Hall–Kier alpha value is -3.02. The Bertz CT molecular complexity index is 1150. The fourth-order valence-electron chi connectivity index (χ4n) is 3.39. The highest BCUT2D eigenvalue weighted by molar-refractivity contribution is 6.32. The van der Waals surface area contributed by atoms with Gasteiger partial charge in [0, 0.05) is 35.0 Å². The Labute approximate surface area is 174 Å². The molecule has 1 aliphatic rings. The molecule has 5 nitrogen and oxygen atoms in total. The number of nitrogens with two attached hydrogens (primary N) is 1. The van der Waals surface area contributed by atoms with E-state index in [2.05, 4.69) is 9.98 Å². The first-order chi connectivity index (χ1) is 14.0. The summed E-state index contributed by atoms with van der Waals surface area (Å²) in [6.45, 7) is 4.33. The van der Waals surface area contributed by atoms with Crippen LogP contribution in [-0.2, 0) is 0 Å². The third-order valence-corrected chi connectivity index (χ3v) is 5.62. The summed E-state index contributed by atoms with van der Waals surface area (Å²) >= 11 is 6.34. The maximum atomic E-state index is 12.1. The molecule has 1 aliphatic heterocycles. The number of halogens is 1. The number of aliphatic imine (C=N–C) groups is 1. The molecule has 0 bridgehead atoms. The summed E-state index contributed by atoms with van der Waals surface area (Å²) in [6, 6.07) is 11.4. The summed E-state index contributed by atoms with van der Waals surface area (Å²) in [6.07, 6.45) is 3.42. The molecule has 0 spiro atoms. The first-order valence-corrected chi connectivity index (χ1v) is 9.65. The van der Waals surface area contributed by atoms with E-state index >= 15 is 0 Å². The van der Waals surface area contributed by atoms with Gasteiger partial charge in [-0.25, -0.2) is 0 Å². The van der Waals surface area contributed by atoms with Gasteiger partial charge in [-0.05, 0) is 43.2 Å². The number of carbonyl (C=O) groups is 1. The number of nitrogens with zero attached hydrogens (tertiary/aromatic N) is 2. The van der Waals surface area contributed by atoms with Crippen molar-refractivity contribution in [3.8, 4) is 22.6 Å². The van der Waals surface area contributed by atoms with Crippen molar-refractivity contribution in [3.63, 3.8) is 0 Å². The fraction of sp³-hybridized carbons (Fsp3) is 0.174. The molecule has 1 aromatic heterocycles. The zero-order valence-electron chi connectivity index (χ0n) is 16.2. The van der Waals surface area contributed by atoms with E-state index < -0.39 is 0 Å². The summed E-state index contributed by atoms with van der Waals surface area (Å²) in [5, 5.41) is 0.694. The van der Waals surface area contributed by atoms with Gasteiger partial charge in [0.15, 0.2) is 5.78 Å². The lowest BCUT2D eigenvalue weighted by Crippen LogP contribution is -2.24. The molecule has 0 atom stereocenters. The summed E-state index contributed by atoms with van der Waals surface area (Å²) in [4.78, 5) is 20.8. The second-order valence-corrected chi connectivity index (χ2v) is 7.36. The molecule has 3 aromatic rings. The molecule has 0 radical (unpaired) electrons. The fourth-order valence-corrected chi connectivity index (χ4v) is 3.55. The highest BCUT2D eigenvalue weighted by Crippen LogP contribution is 2.33. The number of pyridine rings is 1. The van der Waals surface area contributed by atoms with Gasteiger partial charge in [-0.1, -0.05) is 29.8 Å². The third-order valence-electron chi connectivity index (χ3n) is 5.04. The topological polar surface area (TPSA) is 77.6 Å². The van der Waals surface area contributed by atoms with Crippen molar-refractivity contribution < 1.29 is 9.53 Å². The number of ether oxygens (including phenoxy) is 1. The molecule has 0 fully saturated rings. The third kappa shape index (κ3) is 3.67. The number of hydrogen-bond donors (Lipinski definition) is 1. The Kier molecular flexibility index (Phi) is 5.18. The van der Waals surface area contributed by atoms with Gasteiger partial charge >= 0.3 is 0 Å². The van der Waals surface area contributed by atoms with Crippen molar-refractivity contribution in [1.82, 2.24) is 4.98 Å². The van der Waals surface area contributed by atoms with Gasteiger partial charge < -0.3 is 10.5 Å². The first kappa shape index (κ1) is 19.3. The second kappa shape index (κ2) is 7.78. The zero-order chi connectivity index (χ0) is 20.5. The highest BCUT2D eigenvalue weighted by Gasteiger charge is 2.20. The molecule has 6 heteroatoms. The quantitative estimate of drug-likeness (QED) is 0.679. The van der Waals surface area contributed by atoms with Crippen molar-refractivity contribution in [2.75, 3.05) is 13.1 Å². The maximum absolute atomic E-state index is 12.1. The number of rotatable bonds is 4. The number of Topliss-reactive ketones (excluding diaryl/α,β-unsaturated/α-hetero) is 1. The molecule has 0 saturated carbocycles. The smallest absolute Gasteiger partial charge is 0.184 e. The molecule has 0 saturated heterocycles. The second-order valence-electron chi connectivity index (χ2n) is 6.98. The molecule has 29 heavy (non-hydrogen) atoms. The minimum atomic E-state index is 0.00526. The van der Waals surface area contributed by atoms with Gasteiger partial charge in [-0.2, -0.15) is 0 Å². The Morgan fingerprint density at radius 1 is 1.07 bits per heavy atom. The average Bonchev–Trinajstić information content (AvgIpc) is 2.74. The number of benzene rings is 2. The van der Waals surface area contributed by atoms with E-state index in [4.69, 9.17) is 22.1 Å². The van der Waals surface area contributed by atoms with E-state index in [9.17, 15) is 4.79 Å². The minimum absolute atomic E-state index is 0.00526. The summed E-state index contributed by atoms with van der Waals surface area (Å²) in [5.74, 6) is 1.30. The largest absolute Gasteiger partial charge is 0.455 e. The van der Waals surface area contributed by atoms with Crippen molar-refractivity contribution >= 4 is 23.1 Å². The predicted molar refractivity (Wildman–Crippen MR) is 115 cm³/mol. The zero-order valence-corrected chi connectivity index (χ0v) is 17.0. The van der Waals surface area contributed by atoms with Crippen LogP contribution in [0.3, 0.4) is 0 Å². The van der Waals surface area contributed by atoms with Crippen LogP contribution in [-0.4, -0.2) is 29.6 Å². The number of ketones is 1. The molecular formula is C23H20ClN3O2. The number of hydrogen-bond acceptors (Lipinski definition) is 5. The predicted octanol–water partition coefficient (Wildman–Crippen LogP) is 4.76. The van der Waals surface area contributed by atoms with Gasteiger partial charge in [0.25, 0.3) is 0 Å². The molecule has 146 valence electrons. The van der Waals surface area contributed by atoms with Crippen LogP contribution in [0.4, 0.5) is 0 Å². The summed E-state index contributed by atoms with van der Waals surface area (Å²) < 4.78 is 6.03. The molecule has 0 amide bonds. The number of aryl methyl sites for hydroxylation is 1. The molecule has 0 aliphatic carbocycles. The lowest BCUT2D eigenvalue weighted by molar-refractivity contribution is 0.1000. The molecule has 2 aromatic carbocycles. The van der Waals surface area contributed by atoms with E-state index in [-0.39, 0.29) is 12.3 Å². The molecule has 0 unspecified atom stereocenters. The van der Waals surface area contributed by atoms with Crippen molar-refractivity contribution in [2.24, 2.45) is 10.7 Å². The van der Waals surface area contributed by atoms with Gasteiger partial charge in [0.2, 0.25) is 0 Å². The maximum Gasteiger partial charge on any atom is 0.184 e. The van der Waals surface area contributed by atoms with Gasteiger partial charge in [0.05, 0.1) is 16.9 Å². The Morgan fingerprint density at radius 3 is 2.69 bits per heavy atom. The number of fused-ring (bicyclic) bond motifs is 1. The van der Waals surface area contributed by atoms with Crippen LogP contribution in [0.25, 0.3) is 11.1 Å². The van der Waals surface area contributed by atoms with E-state index in [1.807, 2.05) is 50.2 Å². The monoisotopic (exact) mass is 405 g/mol. The van der Waals surface area contributed by atoms with E-state index in [0.717, 1.165) is 33.5 Å². The normalized spacial score (nSPS) is 13.1. The van der Waals surface area contributed by atoms with Crippen LogP contribution in [0.2, 0.25) is 5.02 Å². The Morgan fingerprint density at radius 2 is 1.90 bits per heavy atom. The minimum Gasteiger partial charge on any atom is -0.455 e. The van der Waals surface area contributed by atoms with Gasteiger partial charge in [0.1, 0.15) is 18.0 Å². The lowest BCUT2D eigenvalue weighted by Gasteiger charge is -2.16. The van der Waals surface area contributed by atoms with Crippen molar-refractivity contribution in [3.05, 3.63) is 76.1 Å². The summed E-state index contributed by atoms with van der Waals surface area (Å²) in [7, 11) is 0. The molecule has 4 rings (SSSR count). The highest BCUT2D eigenvalue weighted by atomic mass is 35.5. The number of aromatic nitrogens is 1. The van der Waals surface area contributed by atoms with E-state index in [0.29, 0.717) is 28.6 Å². The standard InChI is InChI=1S/C23H20ClN3O2/c1-13-3-6-22(14(2)23(13)24)29-17-7-16(10-26-11-17)15-4-5-18-19(8-15)20(9-25)27-12-21(18)28/h3-8,10-11H,9,12,25H2,1-2H3. The van der Waals surface area contributed by atoms with Crippen LogP contribution in [0.1, 0.15) is 27.0 Å². The van der Waals surface area contributed by atoms with Crippen molar-refractivity contribution in [1.29, 1.82) is 0 Å². The van der Waals surface area contributed by atoms with Crippen LogP contribution in [0.15, 0.2) is 53.8 Å². The average molecular weight is 406 g/mol. The van der Waals surface area contributed by atoms with Crippen LogP contribution < -0.4 is 10.5 Å². The Balaban J connectivity index is 1.69. The van der Waals surface area contributed by atoms with Crippen LogP contribution in [0, 0.1) is 13.8 Å². The summed E-state index contributed by atoms with van der Waals surface area (Å²) in [5.41, 5.74) is 11.7. The van der Waals surface area contributed by atoms with Gasteiger partial charge in [-0.3, -0.25) is 14.8 Å². The SMILES string of the molecule is Cc1ccc(Oc2cncc(-c3ccc4c(c3)C(CN)=NCC4=O)c2)c(C)c1Cl.